The highest BCUT2D eigenvalue weighted by atomic mass is 32.1. The Hall–Kier alpha value is -3.33. The van der Waals surface area contributed by atoms with Gasteiger partial charge in [0.1, 0.15) is 22.1 Å². The summed E-state index contributed by atoms with van der Waals surface area (Å²) in [6.07, 6.45) is 0. The largest absolute Gasteiger partial charge is 0.496 e. The summed E-state index contributed by atoms with van der Waals surface area (Å²) in [5.74, 6) is 1.61. The molecule has 2 aromatic carbocycles. The van der Waals surface area contributed by atoms with E-state index in [-0.39, 0.29) is 5.56 Å². The predicted molar refractivity (Wildman–Crippen MR) is 106 cm³/mol. The van der Waals surface area contributed by atoms with Gasteiger partial charge in [-0.2, -0.15) is 0 Å². The van der Waals surface area contributed by atoms with Crippen LogP contribution in [-0.4, -0.2) is 44.5 Å². The summed E-state index contributed by atoms with van der Waals surface area (Å²) in [5.41, 5.74) is 1.08. The second-order valence-corrected chi connectivity index (χ2v) is 6.45. The van der Waals surface area contributed by atoms with Gasteiger partial charge in [-0.1, -0.05) is 17.4 Å². The molecule has 0 bridgehead atoms. The fourth-order valence-electron chi connectivity index (χ4n) is 2.59. The minimum absolute atomic E-state index is 0.287. The fourth-order valence-corrected chi connectivity index (χ4v) is 3.33. The van der Waals surface area contributed by atoms with Crippen molar-refractivity contribution in [2.24, 2.45) is 0 Å². The summed E-state index contributed by atoms with van der Waals surface area (Å²) < 4.78 is 21.1. The lowest BCUT2D eigenvalue weighted by atomic mass is 10.1. The molecule has 3 aromatic rings. The van der Waals surface area contributed by atoms with E-state index in [1.165, 1.54) is 25.6 Å². The van der Waals surface area contributed by atoms with Crippen LogP contribution in [-0.2, 0) is 0 Å². The Labute approximate surface area is 166 Å². The minimum atomic E-state index is -0.399. The number of amides is 1. The van der Waals surface area contributed by atoms with Gasteiger partial charge in [0, 0.05) is 5.56 Å². The molecule has 3 rings (SSSR count). The van der Waals surface area contributed by atoms with Gasteiger partial charge in [-0.3, -0.25) is 10.1 Å². The third-order valence-corrected chi connectivity index (χ3v) is 4.82. The first-order chi connectivity index (χ1) is 13.6. The number of aromatic nitrogens is 2. The lowest BCUT2D eigenvalue weighted by Gasteiger charge is -2.11. The maximum absolute atomic E-state index is 12.7. The van der Waals surface area contributed by atoms with E-state index in [2.05, 4.69) is 15.5 Å². The molecule has 146 valence electrons. The first-order valence-electron chi connectivity index (χ1n) is 8.19. The minimum Gasteiger partial charge on any atom is -0.496 e. The molecule has 0 radical (unpaired) electrons. The van der Waals surface area contributed by atoms with E-state index in [0.717, 1.165) is 5.56 Å². The summed E-state index contributed by atoms with van der Waals surface area (Å²) in [6, 6.07) is 10.5. The van der Waals surface area contributed by atoms with Crippen LogP contribution in [0.1, 0.15) is 10.4 Å². The van der Waals surface area contributed by atoms with Crippen molar-refractivity contribution in [3.05, 3.63) is 42.0 Å². The van der Waals surface area contributed by atoms with E-state index in [4.69, 9.17) is 18.9 Å². The van der Waals surface area contributed by atoms with E-state index >= 15 is 0 Å². The van der Waals surface area contributed by atoms with Crippen molar-refractivity contribution in [2.75, 3.05) is 33.8 Å². The molecule has 0 unspecified atom stereocenters. The number of carbonyl (C=O) groups is 1. The van der Waals surface area contributed by atoms with Gasteiger partial charge in [0.25, 0.3) is 5.91 Å². The maximum Gasteiger partial charge on any atom is 0.265 e. The number of anilines is 1. The van der Waals surface area contributed by atoms with Crippen LogP contribution in [0.15, 0.2) is 36.4 Å². The molecule has 1 aromatic heterocycles. The molecule has 0 spiro atoms. The Kier molecular flexibility index (Phi) is 5.95. The van der Waals surface area contributed by atoms with Gasteiger partial charge in [0.2, 0.25) is 5.13 Å². The lowest BCUT2D eigenvalue weighted by molar-refractivity contribution is 0.102. The van der Waals surface area contributed by atoms with Crippen molar-refractivity contribution in [3.8, 4) is 33.6 Å². The molecule has 28 heavy (non-hydrogen) atoms. The van der Waals surface area contributed by atoms with Gasteiger partial charge in [-0.15, -0.1) is 10.2 Å². The first-order valence-corrected chi connectivity index (χ1v) is 9.01. The smallest absolute Gasteiger partial charge is 0.265 e. The van der Waals surface area contributed by atoms with E-state index in [0.29, 0.717) is 33.1 Å². The summed E-state index contributed by atoms with van der Waals surface area (Å²) in [5, 5.41) is 11.9. The third kappa shape index (κ3) is 3.84. The van der Waals surface area contributed by atoms with Crippen molar-refractivity contribution in [1.82, 2.24) is 10.2 Å². The summed E-state index contributed by atoms with van der Waals surface area (Å²) in [4.78, 5) is 12.7. The van der Waals surface area contributed by atoms with E-state index in [1.54, 1.807) is 44.6 Å². The summed E-state index contributed by atoms with van der Waals surface area (Å²) in [6.45, 7) is 0. The summed E-state index contributed by atoms with van der Waals surface area (Å²) in [7, 11) is 6.12. The SMILES string of the molecule is COc1ccc(-c2nnc(NC(=O)c3c(OC)cccc3OC)s2)cc1OC. The van der Waals surface area contributed by atoms with Crippen LogP contribution in [0.3, 0.4) is 0 Å². The first kappa shape index (κ1) is 19.4. The number of methoxy groups -OCH3 is 4. The zero-order valence-electron chi connectivity index (χ0n) is 15.8. The van der Waals surface area contributed by atoms with Crippen LogP contribution in [0.25, 0.3) is 10.6 Å². The van der Waals surface area contributed by atoms with Crippen LogP contribution < -0.4 is 24.3 Å². The number of hydrogen-bond acceptors (Lipinski definition) is 8. The van der Waals surface area contributed by atoms with Crippen LogP contribution in [0, 0.1) is 0 Å². The molecule has 8 nitrogen and oxygen atoms in total. The van der Waals surface area contributed by atoms with Gasteiger partial charge in [0.15, 0.2) is 11.5 Å². The highest BCUT2D eigenvalue weighted by Crippen LogP contribution is 2.35. The summed E-state index contributed by atoms with van der Waals surface area (Å²) >= 11 is 1.24. The molecule has 1 amide bonds. The van der Waals surface area contributed by atoms with Crippen LogP contribution in [0.4, 0.5) is 5.13 Å². The Balaban J connectivity index is 1.85. The molecule has 1 heterocycles. The number of rotatable bonds is 7. The lowest BCUT2D eigenvalue weighted by Crippen LogP contribution is -2.14. The second kappa shape index (κ2) is 8.57. The number of hydrogen-bond donors (Lipinski definition) is 1. The van der Waals surface area contributed by atoms with Gasteiger partial charge in [-0.05, 0) is 30.3 Å². The average Bonchev–Trinajstić information content (AvgIpc) is 3.20. The Morgan fingerprint density at radius 1 is 0.857 bits per heavy atom. The normalized spacial score (nSPS) is 10.3. The van der Waals surface area contributed by atoms with Gasteiger partial charge in [-0.25, -0.2) is 0 Å². The molecule has 0 saturated carbocycles. The Morgan fingerprint density at radius 2 is 1.50 bits per heavy atom. The quantitative estimate of drug-likeness (QED) is 0.648. The van der Waals surface area contributed by atoms with Crippen molar-refractivity contribution >= 4 is 22.4 Å². The average molecular weight is 401 g/mol. The molecule has 1 N–H and O–H groups in total. The van der Waals surface area contributed by atoms with Crippen LogP contribution in [0.2, 0.25) is 0 Å². The van der Waals surface area contributed by atoms with Gasteiger partial charge < -0.3 is 18.9 Å². The Bertz CT molecular complexity index is 967. The molecule has 0 aliphatic heterocycles. The van der Waals surface area contributed by atoms with Crippen molar-refractivity contribution in [2.45, 2.75) is 0 Å². The monoisotopic (exact) mass is 401 g/mol. The number of nitrogens with one attached hydrogen (secondary N) is 1. The van der Waals surface area contributed by atoms with Crippen LogP contribution in [0.5, 0.6) is 23.0 Å². The second-order valence-electron chi connectivity index (χ2n) is 5.47. The predicted octanol–water partition coefficient (Wildman–Crippen LogP) is 3.49. The highest BCUT2D eigenvalue weighted by Gasteiger charge is 2.20. The molecule has 0 aliphatic carbocycles. The Morgan fingerprint density at radius 3 is 2.11 bits per heavy atom. The number of benzene rings is 2. The molecular weight excluding hydrogens is 382 g/mol. The highest BCUT2D eigenvalue weighted by molar-refractivity contribution is 7.18. The number of nitrogens with zero attached hydrogens (tertiary/aromatic N) is 2. The zero-order valence-corrected chi connectivity index (χ0v) is 16.6. The van der Waals surface area contributed by atoms with E-state index < -0.39 is 5.91 Å². The third-order valence-electron chi connectivity index (χ3n) is 3.93. The zero-order chi connectivity index (χ0) is 20.1. The molecule has 0 aliphatic rings. The molecule has 0 saturated heterocycles. The van der Waals surface area contributed by atoms with E-state index in [9.17, 15) is 4.79 Å². The molecular formula is C19H19N3O5S. The van der Waals surface area contributed by atoms with E-state index in [1.807, 2.05) is 6.07 Å². The van der Waals surface area contributed by atoms with Gasteiger partial charge >= 0.3 is 0 Å². The van der Waals surface area contributed by atoms with Crippen molar-refractivity contribution < 1.29 is 23.7 Å². The molecule has 0 fully saturated rings. The molecule has 0 atom stereocenters. The topological polar surface area (TPSA) is 91.8 Å². The van der Waals surface area contributed by atoms with Crippen molar-refractivity contribution in [1.29, 1.82) is 0 Å². The number of carbonyl (C=O) groups excluding carboxylic acids is 1. The van der Waals surface area contributed by atoms with Crippen LogP contribution >= 0.6 is 11.3 Å². The maximum atomic E-state index is 12.7. The van der Waals surface area contributed by atoms with Gasteiger partial charge in [0.05, 0.1) is 28.4 Å². The standard InChI is InChI=1S/C19H19N3O5S/c1-24-12-9-8-11(10-15(12)27-4)18-21-22-19(28-18)20-17(23)16-13(25-2)6-5-7-14(16)26-3/h5-10H,1-4H3,(H,20,22,23). The fraction of sp³-hybridized carbons (Fsp3) is 0.211. The number of ether oxygens (including phenoxy) is 4. The van der Waals surface area contributed by atoms with Crippen molar-refractivity contribution in [3.63, 3.8) is 0 Å². The molecule has 9 heteroatoms.